The molecular formula is C16H18Cl2N2O2S. The molecule has 0 spiro atoms. The summed E-state index contributed by atoms with van der Waals surface area (Å²) in [5, 5.41) is 0.514. The van der Waals surface area contributed by atoms with Gasteiger partial charge in [0.1, 0.15) is 0 Å². The topological polar surface area (TPSA) is 49.4 Å². The van der Waals surface area contributed by atoms with E-state index < -0.39 is 10.0 Å². The Labute approximate surface area is 147 Å². The van der Waals surface area contributed by atoms with Gasteiger partial charge >= 0.3 is 0 Å². The van der Waals surface area contributed by atoms with E-state index in [4.69, 9.17) is 23.2 Å². The predicted octanol–water partition coefficient (Wildman–Crippen LogP) is 4.64. The van der Waals surface area contributed by atoms with Gasteiger partial charge in [0.25, 0.3) is 10.0 Å². The number of rotatable bonds is 6. The van der Waals surface area contributed by atoms with Gasteiger partial charge in [-0.25, -0.2) is 8.42 Å². The molecule has 0 aliphatic rings. The molecule has 0 aromatic heterocycles. The van der Waals surface area contributed by atoms with Gasteiger partial charge in [-0.2, -0.15) is 0 Å². The summed E-state index contributed by atoms with van der Waals surface area (Å²) < 4.78 is 27.3. The Kier molecular flexibility index (Phi) is 5.79. The Morgan fingerprint density at radius 1 is 0.957 bits per heavy atom. The number of sulfonamides is 1. The number of halogens is 2. The number of nitrogens with zero attached hydrogens (tertiary/aromatic N) is 1. The molecule has 4 nitrogen and oxygen atoms in total. The lowest BCUT2D eigenvalue weighted by atomic mass is 10.2. The minimum Gasteiger partial charge on any atom is -0.372 e. The van der Waals surface area contributed by atoms with E-state index in [0.29, 0.717) is 10.7 Å². The SMILES string of the molecule is CCN(CC)c1ccc(NS(=O)(=O)c2ccc(Cl)c(Cl)c2)cc1. The smallest absolute Gasteiger partial charge is 0.261 e. The van der Waals surface area contributed by atoms with Crippen LogP contribution in [0.1, 0.15) is 13.8 Å². The van der Waals surface area contributed by atoms with Crippen molar-refractivity contribution in [3.63, 3.8) is 0 Å². The van der Waals surface area contributed by atoms with Crippen molar-refractivity contribution in [1.82, 2.24) is 0 Å². The molecule has 0 fully saturated rings. The molecule has 0 unspecified atom stereocenters. The van der Waals surface area contributed by atoms with Gasteiger partial charge in [-0.05, 0) is 56.3 Å². The fourth-order valence-electron chi connectivity index (χ4n) is 2.19. The second-order valence-electron chi connectivity index (χ2n) is 4.90. The zero-order valence-corrected chi connectivity index (χ0v) is 15.2. The molecule has 23 heavy (non-hydrogen) atoms. The average Bonchev–Trinajstić information content (AvgIpc) is 2.52. The predicted molar refractivity (Wildman–Crippen MR) is 97.3 cm³/mol. The molecule has 0 aliphatic carbocycles. The van der Waals surface area contributed by atoms with E-state index in [9.17, 15) is 8.42 Å². The van der Waals surface area contributed by atoms with Gasteiger partial charge in [-0.3, -0.25) is 4.72 Å². The van der Waals surface area contributed by atoms with Gasteiger partial charge in [0.15, 0.2) is 0 Å². The van der Waals surface area contributed by atoms with Crippen LogP contribution in [0.25, 0.3) is 0 Å². The summed E-state index contributed by atoms with van der Waals surface area (Å²) in [4.78, 5) is 2.25. The van der Waals surface area contributed by atoms with E-state index in [1.807, 2.05) is 12.1 Å². The molecule has 0 saturated heterocycles. The third-order valence-corrected chi connectivity index (χ3v) is 5.57. The lowest BCUT2D eigenvalue weighted by Gasteiger charge is -2.21. The van der Waals surface area contributed by atoms with Crippen molar-refractivity contribution in [2.24, 2.45) is 0 Å². The number of hydrogen-bond donors (Lipinski definition) is 1. The molecule has 1 N–H and O–H groups in total. The summed E-state index contributed by atoms with van der Waals surface area (Å²) in [5.41, 5.74) is 1.54. The summed E-state index contributed by atoms with van der Waals surface area (Å²) in [7, 11) is -3.70. The summed E-state index contributed by atoms with van der Waals surface area (Å²) in [6, 6.07) is 11.5. The Morgan fingerprint density at radius 3 is 2.09 bits per heavy atom. The van der Waals surface area contributed by atoms with E-state index in [1.54, 1.807) is 12.1 Å². The van der Waals surface area contributed by atoms with Crippen molar-refractivity contribution in [3.8, 4) is 0 Å². The van der Waals surface area contributed by atoms with Crippen molar-refractivity contribution < 1.29 is 8.42 Å². The van der Waals surface area contributed by atoms with Crippen molar-refractivity contribution in [3.05, 3.63) is 52.5 Å². The van der Waals surface area contributed by atoms with Crippen molar-refractivity contribution >= 4 is 44.6 Å². The number of nitrogens with one attached hydrogen (secondary N) is 1. The monoisotopic (exact) mass is 372 g/mol. The minimum absolute atomic E-state index is 0.0692. The van der Waals surface area contributed by atoms with Gasteiger partial charge in [0, 0.05) is 24.5 Å². The minimum atomic E-state index is -3.70. The summed E-state index contributed by atoms with van der Waals surface area (Å²) in [6.45, 7) is 5.94. The van der Waals surface area contributed by atoms with Crippen LogP contribution in [0.3, 0.4) is 0 Å². The van der Waals surface area contributed by atoms with Crippen LogP contribution in [-0.4, -0.2) is 21.5 Å². The van der Waals surface area contributed by atoms with Crippen LogP contribution in [0.5, 0.6) is 0 Å². The Hall–Kier alpha value is -1.43. The molecule has 2 aromatic carbocycles. The Morgan fingerprint density at radius 2 is 1.57 bits per heavy atom. The first-order valence-corrected chi connectivity index (χ1v) is 9.44. The highest BCUT2D eigenvalue weighted by Crippen LogP contribution is 2.26. The zero-order chi connectivity index (χ0) is 17.0. The van der Waals surface area contributed by atoms with Crippen molar-refractivity contribution in [1.29, 1.82) is 0 Å². The molecule has 124 valence electrons. The first-order valence-electron chi connectivity index (χ1n) is 7.20. The summed E-state index contributed by atoms with van der Waals surface area (Å²) >= 11 is 11.7. The average molecular weight is 373 g/mol. The lowest BCUT2D eigenvalue weighted by Crippen LogP contribution is -2.21. The quantitative estimate of drug-likeness (QED) is 0.803. The molecule has 0 atom stereocenters. The highest BCUT2D eigenvalue weighted by molar-refractivity contribution is 7.92. The van der Waals surface area contributed by atoms with Crippen LogP contribution in [0.15, 0.2) is 47.4 Å². The Balaban J connectivity index is 2.22. The van der Waals surface area contributed by atoms with E-state index in [0.717, 1.165) is 18.8 Å². The molecule has 0 amide bonds. The van der Waals surface area contributed by atoms with E-state index in [2.05, 4.69) is 23.5 Å². The third-order valence-electron chi connectivity index (χ3n) is 3.45. The first kappa shape index (κ1) is 17.9. The highest BCUT2D eigenvalue weighted by atomic mass is 35.5. The van der Waals surface area contributed by atoms with E-state index in [1.165, 1.54) is 18.2 Å². The Bertz CT molecular complexity index is 773. The highest BCUT2D eigenvalue weighted by Gasteiger charge is 2.15. The van der Waals surface area contributed by atoms with Crippen LogP contribution in [-0.2, 0) is 10.0 Å². The van der Waals surface area contributed by atoms with Crippen LogP contribution in [0.2, 0.25) is 10.0 Å². The van der Waals surface area contributed by atoms with Crippen LogP contribution < -0.4 is 9.62 Å². The lowest BCUT2D eigenvalue weighted by molar-refractivity contribution is 0.601. The van der Waals surface area contributed by atoms with Crippen molar-refractivity contribution in [2.45, 2.75) is 18.7 Å². The molecule has 0 bridgehead atoms. The van der Waals surface area contributed by atoms with Gasteiger partial charge in [0.05, 0.1) is 14.9 Å². The maximum Gasteiger partial charge on any atom is 0.261 e. The second kappa shape index (κ2) is 7.43. The van der Waals surface area contributed by atoms with Gasteiger partial charge in [-0.1, -0.05) is 23.2 Å². The number of benzene rings is 2. The first-order chi connectivity index (χ1) is 10.9. The molecule has 7 heteroatoms. The molecule has 0 aliphatic heterocycles. The third kappa shape index (κ3) is 4.31. The maximum absolute atomic E-state index is 12.4. The molecule has 0 saturated carbocycles. The van der Waals surface area contributed by atoms with Crippen molar-refractivity contribution in [2.75, 3.05) is 22.7 Å². The molecule has 2 rings (SSSR count). The summed E-state index contributed by atoms with van der Waals surface area (Å²) in [6.07, 6.45) is 0. The van der Waals surface area contributed by atoms with Gasteiger partial charge in [0.2, 0.25) is 0 Å². The zero-order valence-electron chi connectivity index (χ0n) is 12.9. The van der Waals surface area contributed by atoms with E-state index in [-0.39, 0.29) is 9.92 Å². The molecule has 2 aromatic rings. The van der Waals surface area contributed by atoms with Crippen LogP contribution >= 0.6 is 23.2 Å². The normalized spacial score (nSPS) is 11.3. The van der Waals surface area contributed by atoms with Gasteiger partial charge in [-0.15, -0.1) is 0 Å². The number of anilines is 2. The molecule has 0 heterocycles. The fraction of sp³-hybridized carbons (Fsp3) is 0.250. The van der Waals surface area contributed by atoms with Crippen LogP contribution in [0.4, 0.5) is 11.4 Å². The molecular weight excluding hydrogens is 355 g/mol. The summed E-state index contributed by atoms with van der Waals surface area (Å²) in [5.74, 6) is 0. The standard InChI is InChI=1S/C16H18Cl2N2O2S/c1-3-20(4-2)13-7-5-12(6-8-13)19-23(21,22)14-9-10-15(17)16(18)11-14/h5-11,19H,3-4H2,1-2H3. The largest absolute Gasteiger partial charge is 0.372 e. The maximum atomic E-state index is 12.4. The number of hydrogen-bond acceptors (Lipinski definition) is 3. The second-order valence-corrected chi connectivity index (χ2v) is 7.40. The van der Waals surface area contributed by atoms with Gasteiger partial charge < -0.3 is 4.90 Å². The fourth-order valence-corrected chi connectivity index (χ4v) is 3.63. The molecule has 0 radical (unpaired) electrons. The van der Waals surface area contributed by atoms with Crippen LogP contribution in [0, 0.1) is 0 Å². The van der Waals surface area contributed by atoms with E-state index >= 15 is 0 Å².